The molecule has 0 fully saturated rings. The molecule has 1 heterocycles. The number of carboxylic acid groups (broad SMARTS) is 1. The van der Waals surface area contributed by atoms with Crippen molar-refractivity contribution in [2.45, 2.75) is 0 Å². The lowest BCUT2D eigenvalue weighted by Gasteiger charge is -1.93. The third kappa shape index (κ3) is 5.74. The van der Waals surface area contributed by atoms with E-state index in [0.29, 0.717) is 5.69 Å². The number of thiophene rings is 1. The van der Waals surface area contributed by atoms with Crippen LogP contribution in [0.1, 0.15) is 10.4 Å². The summed E-state index contributed by atoms with van der Waals surface area (Å²) in [4.78, 5) is 11.0. The van der Waals surface area contributed by atoms with Crippen molar-refractivity contribution in [3.63, 3.8) is 0 Å². The van der Waals surface area contributed by atoms with Gasteiger partial charge in [0.25, 0.3) is 0 Å². The van der Waals surface area contributed by atoms with E-state index in [-0.39, 0.29) is 0 Å². The van der Waals surface area contributed by atoms with E-state index in [4.69, 9.17) is 17.3 Å². The van der Waals surface area contributed by atoms with Crippen LogP contribution >= 0.6 is 27.3 Å². The van der Waals surface area contributed by atoms with E-state index in [0.717, 1.165) is 20.3 Å². The maximum Gasteiger partial charge on any atom is 0.328 e. The number of carbonyl (C=O) groups is 1. The van der Waals surface area contributed by atoms with Gasteiger partial charge in [-0.3, -0.25) is 0 Å². The van der Waals surface area contributed by atoms with Crippen LogP contribution in [0.15, 0.2) is 46.3 Å². The third-order valence-electron chi connectivity index (χ3n) is 2.10. The number of aliphatic carboxylic acids is 1. The number of carboxylic acids is 1. The van der Waals surface area contributed by atoms with Crippen molar-refractivity contribution >= 4 is 45.0 Å². The molecule has 0 aliphatic rings. The molecule has 5 heteroatoms. The van der Waals surface area contributed by atoms with Gasteiger partial charge in [-0.15, -0.1) is 17.8 Å². The molecule has 2 aromatic rings. The molecule has 0 saturated carbocycles. The van der Waals surface area contributed by atoms with E-state index >= 15 is 0 Å². The van der Waals surface area contributed by atoms with E-state index in [1.54, 1.807) is 12.1 Å². The number of nitrogens with two attached hydrogens (primary N) is 1. The summed E-state index contributed by atoms with van der Waals surface area (Å²) in [7, 11) is 0. The van der Waals surface area contributed by atoms with Crippen molar-refractivity contribution in [1.82, 2.24) is 0 Å². The zero-order valence-corrected chi connectivity index (χ0v) is 12.8. The normalized spacial score (nSPS) is 9.60. The molecule has 1 aromatic carbocycles. The van der Waals surface area contributed by atoms with Gasteiger partial charge in [-0.2, -0.15) is 0 Å². The fraction of sp³-hybridized carbons (Fsp3) is 0. The molecule has 0 aliphatic heterocycles. The van der Waals surface area contributed by atoms with Gasteiger partial charge in [0.1, 0.15) is 0 Å². The first-order valence-electron chi connectivity index (χ1n) is 5.50. The molecule has 0 atom stereocenters. The van der Waals surface area contributed by atoms with Gasteiger partial charge < -0.3 is 10.8 Å². The van der Waals surface area contributed by atoms with E-state index in [9.17, 15) is 4.79 Å². The Kier molecular flexibility index (Phi) is 6.57. The number of hydrogen-bond donors (Lipinski definition) is 2. The van der Waals surface area contributed by atoms with Gasteiger partial charge in [-0.1, -0.05) is 18.1 Å². The molecule has 1 aromatic heterocycles. The van der Waals surface area contributed by atoms with Gasteiger partial charge in [0, 0.05) is 22.2 Å². The molecule has 0 amide bonds. The van der Waals surface area contributed by atoms with Crippen molar-refractivity contribution in [3.05, 3.63) is 56.7 Å². The number of halogens is 1. The van der Waals surface area contributed by atoms with Gasteiger partial charge in [0.05, 0.1) is 3.79 Å². The molecular weight excluding hydrogens is 338 g/mol. The highest BCUT2D eigenvalue weighted by Gasteiger charge is 1.93. The van der Waals surface area contributed by atoms with Crippen LogP contribution in [0, 0.1) is 12.3 Å². The van der Waals surface area contributed by atoms with Gasteiger partial charge in [-0.25, -0.2) is 4.79 Å². The second-order valence-corrected chi connectivity index (χ2v) is 6.04. The van der Waals surface area contributed by atoms with Crippen LogP contribution in [-0.4, -0.2) is 11.1 Å². The lowest BCUT2D eigenvalue weighted by molar-refractivity contribution is -0.131. The minimum absolute atomic E-state index is 0.667. The van der Waals surface area contributed by atoms with Gasteiger partial charge in [0.2, 0.25) is 0 Å². The second-order valence-electron chi connectivity index (χ2n) is 3.55. The summed E-state index contributed by atoms with van der Waals surface area (Å²) in [5.41, 5.74) is 6.92. The summed E-state index contributed by atoms with van der Waals surface area (Å²) < 4.78 is 1.00. The molecule has 2 rings (SSSR count). The first-order valence-corrected chi connectivity index (χ1v) is 7.11. The molecule has 3 nitrogen and oxygen atoms in total. The average molecular weight is 350 g/mol. The molecule has 0 saturated heterocycles. The lowest BCUT2D eigenvalue weighted by Crippen LogP contribution is -1.87. The Morgan fingerprint density at radius 3 is 2.50 bits per heavy atom. The summed E-state index contributed by atoms with van der Waals surface area (Å²) in [6.45, 7) is 0. The molecular formula is C15H12BrNO2S. The van der Waals surface area contributed by atoms with E-state index < -0.39 is 5.97 Å². The van der Waals surface area contributed by atoms with Gasteiger partial charge >= 0.3 is 5.97 Å². The highest BCUT2D eigenvalue weighted by molar-refractivity contribution is 9.11. The first kappa shape index (κ1) is 16.0. The SMILES string of the molecule is C#Cc1ccccc1N.O=C(O)/C=C/c1ccc(Br)s1. The number of anilines is 1. The predicted octanol–water partition coefficient (Wildman–Crippen LogP) is 3.86. The summed E-state index contributed by atoms with van der Waals surface area (Å²) in [5, 5.41) is 8.29. The van der Waals surface area contributed by atoms with Crippen LogP contribution in [0.5, 0.6) is 0 Å². The molecule has 0 aliphatic carbocycles. The quantitative estimate of drug-likeness (QED) is 0.491. The molecule has 0 spiro atoms. The number of hydrogen-bond acceptors (Lipinski definition) is 3. The lowest BCUT2D eigenvalue weighted by atomic mass is 10.2. The van der Waals surface area contributed by atoms with Gasteiger partial charge in [-0.05, 0) is 46.3 Å². The van der Waals surface area contributed by atoms with Crippen molar-refractivity contribution in [2.75, 3.05) is 5.73 Å². The topological polar surface area (TPSA) is 63.3 Å². The highest BCUT2D eigenvalue weighted by atomic mass is 79.9. The van der Waals surface area contributed by atoms with Crippen LogP contribution in [0.3, 0.4) is 0 Å². The number of nitrogen functional groups attached to an aromatic ring is 1. The van der Waals surface area contributed by atoms with Crippen molar-refractivity contribution < 1.29 is 9.90 Å². The third-order valence-corrected chi connectivity index (χ3v) is 3.69. The van der Waals surface area contributed by atoms with E-state index in [1.165, 1.54) is 11.3 Å². The van der Waals surface area contributed by atoms with Crippen molar-refractivity contribution in [3.8, 4) is 12.3 Å². The van der Waals surface area contributed by atoms with E-state index in [1.807, 2.05) is 30.3 Å². The second kappa shape index (κ2) is 8.20. The van der Waals surface area contributed by atoms with Crippen molar-refractivity contribution in [1.29, 1.82) is 0 Å². The van der Waals surface area contributed by atoms with E-state index in [2.05, 4.69) is 21.9 Å². The Morgan fingerprint density at radius 1 is 1.35 bits per heavy atom. The zero-order chi connectivity index (χ0) is 15.0. The van der Waals surface area contributed by atoms with Gasteiger partial charge in [0.15, 0.2) is 0 Å². The Hall–Kier alpha value is -2.03. The van der Waals surface area contributed by atoms with Crippen LogP contribution in [-0.2, 0) is 4.79 Å². The number of para-hydroxylation sites is 1. The van der Waals surface area contributed by atoms with Crippen LogP contribution < -0.4 is 5.73 Å². The monoisotopic (exact) mass is 349 g/mol. The largest absolute Gasteiger partial charge is 0.478 e. The molecule has 102 valence electrons. The molecule has 3 N–H and O–H groups in total. The number of benzene rings is 1. The Labute approximate surface area is 129 Å². The minimum Gasteiger partial charge on any atom is -0.478 e. The molecule has 0 radical (unpaired) electrons. The first-order chi connectivity index (χ1) is 9.52. The Balaban J connectivity index is 0.000000204. The molecule has 0 unspecified atom stereocenters. The Morgan fingerprint density at radius 2 is 2.05 bits per heavy atom. The maximum absolute atomic E-state index is 10.1. The summed E-state index contributed by atoms with van der Waals surface area (Å²) >= 11 is 4.77. The number of terminal acetylenes is 1. The minimum atomic E-state index is -0.922. The molecule has 20 heavy (non-hydrogen) atoms. The van der Waals surface area contributed by atoms with Crippen molar-refractivity contribution in [2.24, 2.45) is 0 Å². The summed E-state index contributed by atoms with van der Waals surface area (Å²) in [6.07, 6.45) is 7.81. The van der Waals surface area contributed by atoms with Crippen LogP contribution in [0.2, 0.25) is 0 Å². The highest BCUT2D eigenvalue weighted by Crippen LogP contribution is 2.22. The zero-order valence-electron chi connectivity index (χ0n) is 10.4. The van der Waals surface area contributed by atoms with Crippen LogP contribution in [0.25, 0.3) is 6.08 Å². The fourth-order valence-corrected chi connectivity index (χ4v) is 2.53. The summed E-state index contributed by atoms with van der Waals surface area (Å²) in [6, 6.07) is 11.1. The molecule has 0 bridgehead atoms. The predicted molar refractivity (Wildman–Crippen MR) is 87.5 cm³/mol. The Bertz CT molecular complexity index is 656. The van der Waals surface area contributed by atoms with Crippen LogP contribution in [0.4, 0.5) is 5.69 Å². The smallest absolute Gasteiger partial charge is 0.328 e. The number of rotatable bonds is 2. The summed E-state index contributed by atoms with van der Waals surface area (Å²) in [5.74, 6) is 1.55. The maximum atomic E-state index is 10.1. The standard InChI is InChI=1S/C8H7N.C7H5BrO2S/c1-2-7-5-3-4-6-8(7)9;8-6-3-1-5(11-6)2-4-7(9)10/h1,3-6H,9H2;1-4H,(H,9,10)/b;4-2+. The average Bonchev–Trinajstić information content (AvgIpc) is 2.84. The fourth-order valence-electron chi connectivity index (χ4n) is 1.20.